The molecule has 2 aromatic heterocycles. The van der Waals surface area contributed by atoms with Crippen LogP contribution in [0.25, 0.3) is 56.3 Å². The van der Waals surface area contributed by atoms with Crippen molar-refractivity contribution in [3.8, 4) is 0 Å². The number of furan rings is 1. The van der Waals surface area contributed by atoms with Gasteiger partial charge in [0.25, 0.3) is 0 Å². The molecule has 3 aromatic carbocycles. The first-order valence-corrected chi connectivity index (χ1v) is 8.44. The van der Waals surface area contributed by atoms with E-state index in [0.29, 0.717) is 0 Å². The lowest BCUT2D eigenvalue weighted by molar-refractivity contribution is 0.669. The van der Waals surface area contributed by atoms with Crippen LogP contribution in [0, 0.1) is 0 Å². The molecule has 0 unspecified atom stereocenters. The van der Waals surface area contributed by atoms with Crippen molar-refractivity contribution >= 4 is 56.3 Å². The Bertz CT molecular complexity index is 1410. The van der Waals surface area contributed by atoms with E-state index in [-0.39, 0.29) is 0 Å². The van der Waals surface area contributed by atoms with Gasteiger partial charge in [0.1, 0.15) is 11.2 Å². The first-order chi connectivity index (χ1) is 12.3. The summed E-state index contributed by atoms with van der Waals surface area (Å²) in [7, 11) is 0. The summed E-state index contributed by atoms with van der Waals surface area (Å²) in [5, 5.41) is 7.99. The molecule has 0 saturated heterocycles. The normalized spacial score (nSPS) is 13.2. The Hall–Kier alpha value is -3.26. The number of H-pyrrole nitrogens is 1. The van der Waals surface area contributed by atoms with E-state index in [4.69, 9.17) is 4.42 Å². The quantitative estimate of drug-likeness (QED) is 0.463. The molecular weight excluding hydrogens is 306 g/mol. The van der Waals surface area contributed by atoms with E-state index in [1.54, 1.807) is 0 Å². The molecule has 5 rings (SSSR count). The zero-order valence-electron chi connectivity index (χ0n) is 14.0. The van der Waals surface area contributed by atoms with E-state index in [0.717, 1.165) is 38.0 Å². The van der Waals surface area contributed by atoms with E-state index in [9.17, 15) is 0 Å². The SMILES string of the molecule is C=c1/c(=C\C=C/C)[nH]c2cc3c(ccc4oc5ccccc5c43)cc12. The van der Waals surface area contributed by atoms with Crippen LogP contribution in [0.5, 0.6) is 0 Å². The lowest BCUT2D eigenvalue weighted by Gasteiger charge is -2.01. The minimum Gasteiger partial charge on any atom is -0.456 e. The smallest absolute Gasteiger partial charge is 0.136 e. The van der Waals surface area contributed by atoms with Gasteiger partial charge in [-0.2, -0.15) is 0 Å². The number of para-hydroxylation sites is 1. The number of hydrogen-bond acceptors (Lipinski definition) is 1. The van der Waals surface area contributed by atoms with Crippen molar-refractivity contribution in [2.75, 3.05) is 0 Å². The third-order valence-electron chi connectivity index (χ3n) is 4.87. The first kappa shape index (κ1) is 14.1. The molecular formula is C23H17NO. The molecule has 2 nitrogen and oxygen atoms in total. The van der Waals surface area contributed by atoms with Crippen LogP contribution in [-0.2, 0) is 0 Å². The molecule has 0 fully saturated rings. The van der Waals surface area contributed by atoms with Crippen LogP contribution in [0.15, 0.2) is 65.1 Å². The van der Waals surface area contributed by atoms with Gasteiger partial charge in [-0.3, -0.25) is 0 Å². The number of aromatic nitrogens is 1. The maximum atomic E-state index is 6.02. The Balaban J connectivity index is 1.98. The van der Waals surface area contributed by atoms with Gasteiger partial charge in [-0.05, 0) is 48.0 Å². The highest BCUT2D eigenvalue weighted by Gasteiger charge is 2.11. The largest absolute Gasteiger partial charge is 0.456 e. The van der Waals surface area contributed by atoms with E-state index in [1.807, 2.05) is 31.2 Å². The second-order valence-corrected chi connectivity index (χ2v) is 6.37. The third kappa shape index (κ3) is 1.97. The van der Waals surface area contributed by atoms with Crippen LogP contribution in [0.2, 0.25) is 0 Å². The van der Waals surface area contributed by atoms with Crippen LogP contribution in [0.4, 0.5) is 0 Å². The molecule has 2 heterocycles. The number of rotatable bonds is 1. The van der Waals surface area contributed by atoms with Gasteiger partial charge in [0, 0.05) is 32.2 Å². The molecule has 1 N–H and O–H groups in total. The van der Waals surface area contributed by atoms with Crippen LogP contribution in [0.3, 0.4) is 0 Å². The Kier molecular flexibility index (Phi) is 2.89. The Morgan fingerprint density at radius 3 is 2.72 bits per heavy atom. The molecule has 0 spiro atoms. The summed E-state index contributed by atoms with van der Waals surface area (Å²) >= 11 is 0. The van der Waals surface area contributed by atoms with Gasteiger partial charge >= 0.3 is 0 Å². The lowest BCUT2D eigenvalue weighted by Crippen LogP contribution is -2.20. The van der Waals surface area contributed by atoms with Crippen LogP contribution in [0.1, 0.15) is 6.92 Å². The predicted octanol–water partition coefficient (Wildman–Crippen LogP) is 4.99. The van der Waals surface area contributed by atoms with E-state index < -0.39 is 0 Å². The average molecular weight is 323 g/mol. The van der Waals surface area contributed by atoms with Crippen LogP contribution < -0.4 is 10.6 Å². The van der Waals surface area contributed by atoms with E-state index in [2.05, 4.69) is 54.0 Å². The fraction of sp³-hybridized carbons (Fsp3) is 0.0435. The van der Waals surface area contributed by atoms with Crippen molar-refractivity contribution in [2.24, 2.45) is 0 Å². The molecule has 0 saturated carbocycles. The minimum atomic E-state index is 0.926. The lowest BCUT2D eigenvalue weighted by atomic mass is 10.0. The highest BCUT2D eigenvalue weighted by atomic mass is 16.3. The Morgan fingerprint density at radius 1 is 0.960 bits per heavy atom. The van der Waals surface area contributed by atoms with Crippen molar-refractivity contribution in [3.05, 3.63) is 71.3 Å². The van der Waals surface area contributed by atoms with Crippen LogP contribution >= 0.6 is 0 Å². The molecule has 120 valence electrons. The van der Waals surface area contributed by atoms with Gasteiger partial charge in [-0.25, -0.2) is 0 Å². The van der Waals surface area contributed by atoms with Crippen molar-refractivity contribution in [1.82, 2.24) is 4.98 Å². The number of allylic oxidation sites excluding steroid dienone is 2. The summed E-state index contributed by atoms with van der Waals surface area (Å²) in [6.07, 6.45) is 6.11. The fourth-order valence-corrected chi connectivity index (χ4v) is 3.65. The second kappa shape index (κ2) is 5.12. The molecule has 0 bridgehead atoms. The molecule has 0 amide bonds. The van der Waals surface area contributed by atoms with Crippen molar-refractivity contribution in [1.29, 1.82) is 0 Å². The molecule has 0 atom stereocenters. The maximum absolute atomic E-state index is 6.02. The minimum absolute atomic E-state index is 0.926. The topological polar surface area (TPSA) is 28.9 Å². The molecule has 5 aromatic rings. The van der Waals surface area contributed by atoms with E-state index in [1.165, 1.54) is 16.2 Å². The number of nitrogens with one attached hydrogen (secondary N) is 1. The van der Waals surface area contributed by atoms with Crippen molar-refractivity contribution in [3.63, 3.8) is 0 Å². The molecule has 25 heavy (non-hydrogen) atoms. The highest BCUT2D eigenvalue weighted by Crippen LogP contribution is 2.35. The monoisotopic (exact) mass is 323 g/mol. The standard InChI is InChI=1S/C23H17NO/c1-3-4-8-19-14(2)17-12-15-10-11-22-23(18(15)13-20(17)24-19)16-7-5-6-9-21(16)25-22/h3-13,24H,2H2,1H3/b4-3-,19-8+. The number of aromatic amines is 1. The number of benzene rings is 3. The maximum Gasteiger partial charge on any atom is 0.136 e. The Morgan fingerprint density at radius 2 is 1.84 bits per heavy atom. The molecule has 0 aliphatic rings. The van der Waals surface area contributed by atoms with Crippen LogP contribution in [-0.4, -0.2) is 4.98 Å². The second-order valence-electron chi connectivity index (χ2n) is 6.37. The van der Waals surface area contributed by atoms with Gasteiger partial charge in [0.15, 0.2) is 0 Å². The van der Waals surface area contributed by atoms with Gasteiger partial charge in [0.05, 0.1) is 0 Å². The number of fused-ring (bicyclic) bond motifs is 6. The van der Waals surface area contributed by atoms with Gasteiger partial charge < -0.3 is 9.40 Å². The molecule has 0 aliphatic carbocycles. The highest BCUT2D eigenvalue weighted by molar-refractivity contribution is 6.20. The predicted molar refractivity (Wildman–Crippen MR) is 107 cm³/mol. The number of hydrogen-bond donors (Lipinski definition) is 1. The summed E-state index contributed by atoms with van der Waals surface area (Å²) in [5.41, 5.74) is 2.96. The Labute approximate surface area is 144 Å². The van der Waals surface area contributed by atoms with Crippen molar-refractivity contribution < 1.29 is 4.42 Å². The first-order valence-electron chi connectivity index (χ1n) is 8.44. The third-order valence-corrected chi connectivity index (χ3v) is 4.87. The van der Waals surface area contributed by atoms with Gasteiger partial charge in [0.2, 0.25) is 0 Å². The molecule has 2 heteroatoms. The van der Waals surface area contributed by atoms with Crippen molar-refractivity contribution in [2.45, 2.75) is 6.92 Å². The van der Waals surface area contributed by atoms with Gasteiger partial charge in [-0.1, -0.05) is 43.0 Å². The molecule has 0 radical (unpaired) electrons. The molecule has 0 aliphatic heterocycles. The summed E-state index contributed by atoms with van der Waals surface area (Å²) in [4.78, 5) is 3.50. The summed E-state index contributed by atoms with van der Waals surface area (Å²) in [6.45, 7) is 6.27. The zero-order valence-corrected chi connectivity index (χ0v) is 14.0. The summed E-state index contributed by atoms with van der Waals surface area (Å²) in [5.74, 6) is 0. The van der Waals surface area contributed by atoms with Gasteiger partial charge in [-0.15, -0.1) is 0 Å². The summed E-state index contributed by atoms with van der Waals surface area (Å²) in [6, 6.07) is 16.8. The average Bonchev–Trinajstić information content (AvgIpc) is 3.16. The summed E-state index contributed by atoms with van der Waals surface area (Å²) < 4.78 is 6.02. The fourth-order valence-electron chi connectivity index (χ4n) is 3.65. The van der Waals surface area contributed by atoms with E-state index >= 15 is 0 Å². The zero-order chi connectivity index (χ0) is 17.0.